The fourth-order valence-electron chi connectivity index (χ4n) is 6.87. The Balaban J connectivity index is 1.84. The Morgan fingerprint density at radius 3 is 2.56 bits per heavy atom. The van der Waals surface area contributed by atoms with Gasteiger partial charge in [0.05, 0.1) is 24.2 Å². The van der Waals surface area contributed by atoms with Crippen LogP contribution in [0.25, 0.3) is 0 Å². The highest BCUT2D eigenvalue weighted by molar-refractivity contribution is 5.98. The minimum absolute atomic E-state index is 0.0973. The van der Waals surface area contributed by atoms with E-state index < -0.39 is 47.0 Å². The second-order valence-electron chi connectivity index (χ2n) is 10.9. The van der Waals surface area contributed by atoms with E-state index in [1.54, 1.807) is 17.9 Å². The molecule has 36 heavy (non-hydrogen) atoms. The van der Waals surface area contributed by atoms with Crippen molar-refractivity contribution in [3.8, 4) is 0 Å². The molecule has 4 rings (SSSR count). The summed E-state index contributed by atoms with van der Waals surface area (Å²) in [4.78, 5) is 44.1. The zero-order chi connectivity index (χ0) is 26.4. The number of hydrogen-bond donors (Lipinski definition) is 2. The Bertz CT molecular complexity index is 1030. The molecule has 0 saturated carbocycles. The number of hydrogen-bond acceptors (Lipinski definition) is 5. The standard InChI is InChI=1S/C28H38N2O6/c1-6-13-29(15-19-11-9-8-10-12-19)25(33)23-28-14-18(4)27(5,36-28)22(26(34)35)21(28)24(32)30(23)20(16-31)17(3)7-2/h6,8-12,17-18,20-23,31H,1,7,13-16H2,2-5H3,(H,34,35)/t17-,18?,20-,21-,22-,23?,27+,28?/m0/s1. The monoisotopic (exact) mass is 498 g/mol. The van der Waals surface area contributed by atoms with Gasteiger partial charge in [0.25, 0.3) is 0 Å². The van der Waals surface area contributed by atoms with Gasteiger partial charge in [0.15, 0.2) is 0 Å². The summed E-state index contributed by atoms with van der Waals surface area (Å²) in [6.07, 6.45) is 2.74. The normalized spacial score (nSPS) is 34.4. The number of aliphatic carboxylic acids is 1. The molecule has 2 amide bonds. The van der Waals surface area contributed by atoms with Gasteiger partial charge in [0.1, 0.15) is 17.6 Å². The van der Waals surface area contributed by atoms with Crippen LogP contribution in [0.15, 0.2) is 43.0 Å². The van der Waals surface area contributed by atoms with Crippen LogP contribution in [-0.2, 0) is 25.7 Å². The lowest BCUT2D eigenvalue weighted by Gasteiger charge is -2.41. The number of fused-ring (bicyclic) bond motifs is 1. The van der Waals surface area contributed by atoms with E-state index in [0.717, 1.165) is 5.56 Å². The Kier molecular flexibility index (Phi) is 7.05. The average molecular weight is 499 g/mol. The molecule has 2 bridgehead atoms. The van der Waals surface area contributed by atoms with E-state index in [9.17, 15) is 24.6 Å². The third-order valence-corrected chi connectivity index (χ3v) is 8.98. The van der Waals surface area contributed by atoms with Crippen molar-refractivity contribution in [3.05, 3.63) is 48.6 Å². The molecule has 3 heterocycles. The average Bonchev–Trinajstić information content (AvgIpc) is 3.36. The van der Waals surface area contributed by atoms with E-state index in [1.165, 1.54) is 4.90 Å². The zero-order valence-electron chi connectivity index (χ0n) is 21.6. The number of aliphatic hydroxyl groups is 1. The predicted molar refractivity (Wildman–Crippen MR) is 134 cm³/mol. The number of likely N-dealkylation sites (tertiary alicyclic amines) is 1. The van der Waals surface area contributed by atoms with Crippen LogP contribution in [0.3, 0.4) is 0 Å². The fraction of sp³-hybridized carbons (Fsp3) is 0.607. The molecular weight excluding hydrogens is 460 g/mol. The number of carbonyl (C=O) groups excluding carboxylic acids is 2. The molecule has 8 heteroatoms. The highest BCUT2D eigenvalue weighted by atomic mass is 16.5. The lowest BCUT2D eigenvalue weighted by Crippen LogP contribution is -2.59. The molecule has 8 nitrogen and oxygen atoms in total. The molecule has 0 aromatic heterocycles. The number of ether oxygens (including phenoxy) is 1. The number of rotatable bonds is 10. The van der Waals surface area contributed by atoms with Crippen LogP contribution >= 0.6 is 0 Å². The zero-order valence-corrected chi connectivity index (χ0v) is 21.6. The Hall–Kier alpha value is -2.71. The van der Waals surface area contributed by atoms with Crippen molar-refractivity contribution in [3.63, 3.8) is 0 Å². The number of amides is 2. The van der Waals surface area contributed by atoms with Crippen LogP contribution in [0.1, 0.15) is 46.1 Å². The summed E-state index contributed by atoms with van der Waals surface area (Å²) in [5.41, 5.74) is -1.38. The summed E-state index contributed by atoms with van der Waals surface area (Å²) >= 11 is 0. The number of benzene rings is 1. The van der Waals surface area contributed by atoms with Crippen molar-refractivity contribution >= 4 is 17.8 Å². The van der Waals surface area contributed by atoms with Gasteiger partial charge in [-0.2, -0.15) is 0 Å². The summed E-state index contributed by atoms with van der Waals surface area (Å²) in [6.45, 7) is 11.7. The van der Waals surface area contributed by atoms with Gasteiger partial charge in [0, 0.05) is 13.1 Å². The minimum atomic E-state index is -1.26. The second kappa shape index (κ2) is 9.63. The number of carboxylic acids is 1. The van der Waals surface area contributed by atoms with E-state index in [2.05, 4.69) is 6.58 Å². The van der Waals surface area contributed by atoms with Crippen LogP contribution in [0.5, 0.6) is 0 Å². The van der Waals surface area contributed by atoms with E-state index in [-0.39, 0.29) is 30.9 Å². The fourth-order valence-corrected chi connectivity index (χ4v) is 6.87. The molecule has 3 unspecified atom stereocenters. The highest BCUT2D eigenvalue weighted by Crippen LogP contribution is 2.65. The third kappa shape index (κ3) is 3.77. The first kappa shape index (κ1) is 26.4. The maximum Gasteiger partial charge on any atom is 0.310 e. The first-order valence-corrected chi connectivity index (χ1v) is 12.9. The largest absolute Gasteiger partial charge is 0.481 e. The van der Waals surface area contributed by atoms with Gasteiger partial charge in [-0.15, -0.1) is 6.58 Å². The van der Waals surface area contributed by atoms with Crippen LogP contribution in [0.2, 0.25) is 0 Å². The minimum Gasteiger partial charge on any atom is -0.481 e. The van der Waals surface area contributed by atoms with Gasteiger partial charge in [-0.05, 0) is 30.7 Å². The molecule has 8 atom stereocenters. The Morgan fingerprint density at radius 1 is 1.33 bits per heavy atom. The van der Waals surface area contributed by atoms with Crippen molar-refractivity contribution < 1.29 is 29.3 Å². The number of carboxylic acid groups (broad SMARTS) is 1. The summed E-state index contributed by atoms with van der Waals surface area (Å²) in [5.74, 6) is -4.10. The Morgan fingerprint density at radius 2 is 2.00 bits per heavy atom. The highest BCUT2D eigenvalue weighted by Gasteiger charge is 2.80. The summed E-state index contributed by atoms with van der Waals surface area (Å²) in [6, 6.07) is 7.91. The number of nitrogens with zero attached hydrogens (tertiary/aromatic N) is 2. The molecule has 1 spiro atoms. The lowest BCUT2D eigenvalue weighted by atomic mass is 9.62. The maximum absolute atomic E-state index is 14.4. The molecule has 3 fully saturated rings. The van der Waals surface area contributed by atoms with E-state index in [1.807, 2.05) is 51.1 Å². The van der Waals surface area contributed by atoms with Crippen molar-refractivity contribution in [2.75, 3.05) is 13.2 Å². The lowest BCUT2D eigenvalue weighted by molar-refractivity contribution is -0.161. The van der Waals surface area contributed by atoms with Gasteiger partial charge in [-0.3, -0.25) is 14.4 Å². The van der Waals surface area contributed by atoms with Crippen LogP contribution in [-0.4, -0.2) is 74.2 Å². The Labute approximate surface area is 212 Å². The van der Waals surface area contributed by atoms with E-state index in [4.69, 9.17) is 4.74 Å². The molecule has 3 aliphatic rings. The molecule has 0 aliphatic carbocycles. The van der Waals surface area contributed by atoms with Gasteiger partial charge >= 0.3 is 5.97 Å². The molecule has 1 aromatic rings. The third-order valence-electron chi connectivity index (χ3n) is 8.98. The first-order chi connectivity index (χ1) is 17.1. The van der Waals surface area contributed by atoms with Crippen LogP contribution < -0.4 is 0 Å². The van der Waals surface area contributed by atoms with E-state index in [0.29, 0.717) is 19.4 Å². The maximum atomic E-state index is 14.4. The van der Waals surface area contributed by atoms with E-state index >= 15 is 0 Å². The molecule has 3 saturated heterocycles. The van der Waals surface area contributed by atoms with Crippen molar-refractivity contribution in [2.45, 2.75) is 70.4 Å². The second-order valence-corrected chi connectivity index (χ2v) is 10.9. The number of carbonyl (C=O) groups is 3. The molecule has 1 aromatic carbocycles. The molecule has 0 radical (unpaired) electrons. The smallest absolute Gasteiger partial charge is 0.310 e. The molecule has 196 valence electrons. The topological polar surface area (TPSA) is 107 Å². The van der Waals surface area contributed by atoms with Crippen LogP contribution in [0.4, 0.5) is 0 Å². The quantitative estimate of drug-likeness (QED) is 0.481. The van der Waals surface area contributed by atoms with Gasteiger partial charge in [0.2, 0.25) is 11.8 Å². The van der Waals surface area contributed by atoms with Crippen molar-refractivity contribution in [1.29, 1.82) is 0 Å². The molecular formula is C28H38N2O6. The van der Waals surface area contributed by atoms with Crippen LogP contribution in [0, 0.1) is 23.7 Å². The van der Waals surface area contributed by atoms with Gasteiger partial charge in [-0.1, -0.05) is 63.6 Å². The SMILES string of the molecule is C=CCN(Cc1ccccc1)C(=O)C1N([C@@H](CO)[C@@H](C)CC)C(=O)[C@@H]2[C@@H](C(=O)O)[C@]3(C)OC12CC3C. The summed E-state index contributed by atoms with van der Waals surface area (Å²) in [7, 11) is 0. The molecule has 2 N–H and O–H groups in total. The predicted octanol–water partition coefficient (Wildman–Crippen LogP) is 2.70. The summed E-state index contributed by atoms with van der Waals surface area (Å²) < 4.78 is 6.58. The first-order valence-electron chi connectivity index (χ1n) is 12.9. The van der Waals surface area contributed by atoms with Crippen molar-refractivity contribution in [2.24, 2.45) is 23.7 Å². The molecule has 3 aliphatic heterocycles. The van der Waals surface area contributed by atoms with Gasteiger partial charge in [-0.25, -0.2) is 0 Å². The van der Waals surface area contributed by atoms with Gasteiger partial charge < -0.3 is 24.7 Å². The van der Waals surface area contributed by atoms with Crippen molar-refractivity contribution in [1.82, 2.24) is 9.80 Å². The summed E-state index contributed by atoms with van der Waals surface area (Å²) in [5, 5.41) is 20.6. The number of aliphatic hydroxyl groups excluding tert-OH is 1.